The van der Waals surface area contributed by atoms with Gasteiger partial charge in [0.15, 0.2) is 11.6 Å². The third-order valence-electron chi connectivity index (χ3n) is 3.65. The Balaban J connectivity index is 2.22. The molecule has 1 aliphatic heterocycles. The van der Waals surface area contributed by atoms with Gasteiger partial charge in [0.05, 0.1) is 5.69 Å². The fourth-order valence-electron chi connectivity index (χ4n) is 2.53. The lowest BCUT2D eigenvalue weighted by Gasteiger charge is -2.31. The van der Waals surface area contributed by atoms with Gasteiger partial charge < -0.3 is 10.2 Å². The summed E-state index contributed by atoms with van der Waals surface area (Å²) in [7, 11) is 0. The average molecular weight is 266 g/mol. The zero-order valence-corrected chi connectivity index (χ0v) is 12.0. The lowest BCUT2D eigenvalue weighted by Crippen LogP contribution is -2.42. The Morgan fingerprint density at radius 2 is 2.26 bits per heavy atom. The molecule has 1 aromatic heterocycles. The Labute approximate surface area is 114 Å². The molecule has 106 valence electrons. The summed E-state index contributed by atoms with van der Waals surface area (Å²) in [4.78, 5) is 10.2. The quantitative estimate of drug-likeness (QED) is 0.886. The number of rotatable bonds is 5. The fraction of sp³-hybridized carbons (Fsp3) is 0.714. The third kappa shape index (κ3) is 3.21. The zero-order valence-electron chi connectivity index (χ0n) is 12.0. The number of anilines is 1. The molecule has 1 aromatic rings. The van der Waals surface area contributed by atoms with Crippen molar-refractivity contribution in [3.8, 4) is 0 Å². The van der Waals surface area contributed by atoms with E-state index in [-0.39, 0.29) is 11.9 Å². The molecule has 1 unspecified atom stereocenters. The standard InChI is InChI=1S/C14H23FN4/c1-4-12-13(15)14(18-9-17-12)19(10(2)3)8-11-6-5-7-16-11/h9-11,16H,4-8H2,1-3H3. The Bertz CT molecular complexity index is 416. The summed E-state index contributed by atoms with van der Waals surface area (Å²) in [5.41, 5.74) is 0.495. The lowest BCUT2D eigenvalue weighted by atomic mass is 10.2. The second kappa shape index (κ2) is 6.28. The molecule has 0 radical (unpaired) electrons. The van der Waals surface area contributed by atoms with Crippen molar-refractivity contribution in [3.63, 3.8) is 0 Å². The van der Waals surface area contributed by atoms with Gasteiger partial charge in [0, 0.05) is 18.6 Å². The van der Waals surface area contributed by atoms with Crippen molar-refractivity contribution in [2.75, 3.05) is 18.0 Å². The molecule has 0 amide bonds. The Morgan fingerprint density at radius 3 is 2.84 bits per heavy atom. The molecule has 1 aliphatic rings. The van der Waals surface area contributed by atoms with E-state index in [1.807, 2.05) is 11.8 Å². The molecule has 1 fully saturated rings. The first-order chi connectivity index (χ1) is 9.13. The van der Waals surface area contributed by atoms with Crippen LogP contribution in [0.3, 0.4) is 0 Å². The number of nitrogens with one attached hydrogen (secondary N) is 1. The molecule has 0 bridgehead atoms. The van der Waals surface area contributed by atoms with Gasteiger partial charge in [0.2, 0.25) is 0 Å². The first-order valence-electron chi connectivity index (χ1n) is 7.12. The summed E-state index contributed by atoms with van der Waals surface area (Å²) in [6, 6.07) is 0.651. The molecule has 1 N–H and O–H groups in total. The molecule has 2 heterocycles. The topological polar surface area (TPSA) is 41.1 Å². The SMILES string of the molecule is CCc1ncnc(N(CC2CCCN2)C(C)C)c1F. The van der Waals surface area contributed by atoms with Crippen molar-refractivity contribution in [1.29, 1.82) is 0 Å². The van der Waals surface area contributed by atoms with Crippen molar-refractivity contribution < 1.29 is 4.39 Å². The van der Waals surface area contributed by atoms with E-state index in [0.717, 1.165) is 19.5 Å². The molecule has 2 rings (SSSR count). The van der Waals surface area contributed by atoms with Crippen LogP contribution in [0, 0.1) is 5.82 Å². The molecule has 5 heteroatoms. The number of halogens is 1. The molecule has 0 aromatic carbocycles. The van der Waals surface area contributed by atoms with E-state index in [9.17, 15) is 4.39 Å². The lowest BCUT2D eigenvalue weighted by molar-refractivity contribution is 0.525. The van der Waals surface area contributed by atoms with Crippen LogP contribution < -0.4 is 10.2 Å². The highest BCUT2D eigenvalue weighted by Crippen LogP contribution is 2.22. The van der Waals surface area contributed by atoms with Crippen molar-refractivity contribution in [2.45, 2.75) is 52.1 Å². The van der Waals surface area contributed by atoms with E-state index < -0.39 is 0 Å². The van der Waals surface area contributed by atoms with Gasteiger partial charge >= 0.3 is 0 Å². The number of hydrogen-bond donors (Lipinski definition) is 1. The van der Waals surface area contributed by atoms with Gasteiger partial charge in [-0.05, 0) is 39.7 Å². The summed E-state index contributed by atoms with van der Waals surface area (Å²) < 4.78 is 14.4. The number of aromatic nitrogens is 2. The maximum Gasteiger partial charge on any atom is 0.187 e. The Morgan fingerprint density at radius 1 is 1.47 bits per heavy atom. The highest BCUT2D eigenvalue weighted by molar-refractivity contribution is 5.42. The van der Waals surface area contributed by atoms with Crippen LogP contribution in [-0.2, 0) is 6.42 Å². The zero-order chi connectivity index (χ0) is 13.8. The van der Waals surface area contributed by atoms with Crippen LogP contribution in [0.15, 0.2) is 6.33 Å². The van der Waals surface area contributed by atoms with Crippen LogP contribution in [0.4, 0.5) is 10.2 Å². The van der Waals surface area contributed by atoms with Crippen molar-refractivity contribution in [2.24, 2.45) is 0 Å². The van der Waals surface area contributed by atoms with Crippen molar-refractivity contribution in [1.82, 2.24) is 15.3 Å². The molecule has 1 atom stereocenters. The summed E-state index contributed by atoms with van der Waals surface area (Å²) >= 11 is 0. The number of hydrogen-bond acceptors (Lipinski definition) is 4. The van der Waals surface area contributed by atoms with E-state index in [0.29, 0.717) is 24.0 Å². The van der Waals surface area contributed by atoms with Gasteiger partial charge in [0.1, 0.15) is 6.33 Å². The Hall–Kier alpha value is -1.23. The first-order valence-corrected chi connectivity index (χ1v) is 7.12. The maximum absolute atomic E-state index is 14.4. The van der Waals surface area contributed by atoms with Crippen LogP contribution in [-0.4, -0.2) is 35.1 Å². The molecular weight excluding hydrogens is 243 g/mol. The van der Waals surface area contributed by atoms with Crippen LogP contribution in [0.1, 0.15) is 39.3 Å². The second-order valence-electron chi connectivity index (χ2n) is 5.35. The van der Waals surface area contributed by atoms with Gasteiger partial charge in [0.25, 0.3) is 0 Å². The van der Waals surface area contributed by atoms with Gasteiger partial charge in [-0.15, -0.1) is 0 Å². The predicted octanol–water partition coefficient (Wildman–Crippen LogP) is 2.14. The van der Waals surface area contributed by atoms with Crippen molar-refractivity contribution >= 4 is 5.82 Å². The summed E-state index contributed by atoms with van der Waals surface area (Å²) in [6.45, 7) is 7.91. The monoisotopic (exact) mass is 266 g/mol. The normalized spacial score (nSPS) is 19.1. The maximum atomic E-state index is 14.4. The molecular formula is C14H23FN4. The molecule has 4 nitrogen and oxygen atoms in total. The summed E-state index contributed by atoms with van der Waals surface area (Å²) in [5, 5.41) is 3.45. The van der Waals surface area contributed by atoms with Crippen LogP contribution in [0.25, 0.3) is 0 Å². The van der Waals surface area contributed by atoms with Gasteiger partial charge in [-0.25, -0.2) is 14.4 Å². The van der Waals surface area contributed by atoms with Crippen LogP contribution in [0.5, 0.6) is 0 Å². The minimum absolute atomic E-state index is 0.219. The van der Waals surface area contributed by atoms with E-state index in [4.69, 9.17) is 0 Å². The molecule has 0 aliphatic carbocycles. The largest absolute Gasteiger partial charge is 0.350 e. The Kier molecular flexibility index (Phi) is 4.69. The highest BCUT2D eigenvalue weighted by Gasteiger charge is 2.24. The van der Waals surface area contributed by atoms with E-state index in [1.165, 1.54) is 12.7 Å². The average Bonchev–Trinajstić information content (AvgIpc) is 2.89. The van der Waals surface area contributed by atoms with E-state index in [1.54, 1.807) is 0 Å². The first kappa shape index (κ1) is 14.2. The minimum Gasteiger partial charge on any atom is -0.350 e. The summed E-state index contributed by atoms with van der Waals surface area (Å²) in [6.07, 6.45) is 4.41. The van der Waals surface area contributed by atoms with Crippen molar-refractivity contribution in [3.05, 3.63) is 17.8 Å². The number of nitrogens with zero attached hydrogens (tertiary/aromatic N) is 3. The minimum atomic E-state index is -0.267. The second-order valence-corrected chi connectivity index (χ2v) is 5.35. The van der Waals surface area contributed by atoms with Gasteiger partial charge in [-0.2, -0.15) is 0 Å². The fourth-order valence-corrected chi connectivity index (χ4v) is 2.53. The van der Waals surface area contributed by atoms with E-state index in [2.05, 4.69) is 29.1 Å². The highest BCUT2D eigenvalue weighted by atomic mass is 19.1. The van der Waals surface area contributed by atoms with Crippen LogP contribution in [0.2, 0.25) is 0 Å². The molecule has 0 spiro atoms. The molecule has 1 saturated heterocycles. The van der Waals surface area contributed by atoms with E-state index >= 15 is 0 Å². The summed E-state index contributed by atoms with van der Waals surface area (Å²) in [5.74, 6) is 0.173. The predicted molar refractivity (Wildman–Crippen MR) is 74.9 cm³/mol. The third-order valence-corrected chi connectivity index (χ3v) is 3.65. The smallest absolute Gasteiger partial charge is 0.187 e. The van der Waals surface area contributed by atoms with Gasteiger partial charge in [-0.3, -0.25) is 0 Å². The van der Waals surface area contributed by atoms with Gasteiger partial charge in [-0.1, -0.05) is 6.92 Å². The molecule has 0 saturated carbocycles. The van der Waals surface area contributed by atoms with Crippen LogP contribution >= 0.6 is 0 Å². The molecule has 19 heavy (non-hydrogen) atoms. The number of aryl methyl sites for hydroxylation is 1.